The summed E-state index contributed by atoms with van der Waals surface area (Å²) < 4.78 is 11.9. The van der Waals surface area contributed by atoms with Crippen molar-refractivity contribution < 1.29 is 13.9 Å². The Morgan fingerprint density at radius 3 is 2.75 bits per heavy atom. The van der Waals surface area contributed by atoms with Gasteiger partial charge < -0.3 is 9.15 Å². The largest absolute Gasteiger partial charge is 0.459 e. The molecular weight excluding hydrogens is 420 g/mol. The molecule has 2 aromatic carbocycles. The summed E-state index contributed by atoms with van der Waals surface area (Å²) in [6.45, 7) is 2.19. The maximum absolute atomic E-state index is 12.7. The maximum atomic E-state index is 12.7. The van der Waals surface area contributed by atoms with E-state index in [2.05, 4.69) is 22.9 Å². The van der Waals surface area contributed by atoms with Crippen molar-refractivity contribution in [2.45, 2.75) is 38.7 Å². The topological polar surface area (TPSA) is 56.5 Å². The summed E-state index contributed by atoms with van der Waals surface area (Å²) in [6, 6.07) is 14.3. The van der Waals surface area contributed by atoms with Gasteiger partial charge in [-0.2, -0.15) is 0 Å². The first kappa shape index (κ1) is 18.9. The Hall–Kier alpha value is -2.40. The van der Waals surface area contributed by atoms with Crippen LogP contribution in [0.4, 0.5) is 0 Å². The van der Waals surface area contributed by atoms with E-state index in [4.69, 9.17) is 9.15 Å². The third kappa shape index (κ3) is 3.90. The molecule has 0 N–H and O–H groups in total. The van der Waals surface area contributed by atoms with Crippen molar-refractivity contribution in [3.8, 4) is 11.1 Å². The van der Waals surface area contributed by atoms with Gasteiger partial charge in [0.05, 0.1) is 11.1 Å². The molecule has 1 heterocycles. The number of hydrogen-bond donors (Lipinski definition) is 0. The number of halogens is 1. The third-order valence-electron chi connectivity index (χ3n) is 5.30. The second-order valence-corrected chi connectivity index (χ2v) is 8.33. The highest BCUT2D eigenvalue weighted by Crippen LogP contribution is 2.31. The molecule has 5 heteroatoms. The average Bonchev–Trinajstić information content (AvgIpc) is 2.68. The van der Waals surface area contributed by atoms with E-state index < -0.39 is 5.63 Å². The van der Waals surface area contributed by atoms with Gasteiger partial charge in [-0.05, 0) is 55.5 Å². The fourth-order valence-electron chi connectivity index (χ4n) is 3.81. The predicted octanol–water partition coefficient (Wildman–Crippen LogP) is 5.96. The van der Waals surface area contributed by atoms with Crippen molar-refractivity contribution in [1.82, 2.24) is 0 Å². The van der Waals surface area contributed by atoms with E-state index >= 15 is 0 Å². The minimum absolute atomic E-state index is 0.0333. The maximum Gasteiger partial charge on any atom is 0.344 e. The number of fused-ring (bicyclic) bond motifs is 1. The Kier molecular flexibility index (Phi) is 5.36. The van der Waals surface area contributed by atoms with E-state index in [-0.39, 0.29) is 12.1 Å². The molecule has 2 atom stereocenters. The van der Waals surface area contributed by atoms with E-state index in [1.165, 1.54) is 6.42 Å². The van der Waals surface area contributed by atoms with Crippen LogP contribution in [0.3, 0.4) is 0 Å². The van der Waals surface area contributed by atoms with Gasteiger partial charge in [0.1, 0.15) is 11.7 Å². The van der Waals surface area contributed by atoms with E-state index in [9.17, 15) is 9.59 Å². The fourth-order valence-corrected chi connectivity index (χ4v) is 4.27. The lowest BCUT2D eigenvalue weighted by Crippen LogP contribution is -2.24. The highest BCUT2D eigenvalue weighted by molar-refractivity contribution is 9.10. The summed E-state index contributed by atoms with van der Waals surface area (Å²) in [4.78, 5) is 25.2. The van der Waals surface area contributed by atoms with Crippen LogP contribution in [0.1, 0.15) is 43.0 Å². The molecular formula is C23H21BrO4. The van der Waals surface area contributed by atoms with E-state index in [1.54, 1.807) is 30.3 Å². The van der Waals surface area contributed by atoms with Crippen molar-refractivity contribution in [3.63, 3.8) is 0 Å². The number of benzene rings is 2. The van der Waals surface area contributed by atoms with Crippen molar-refractivity contribution in [3.05, 3.63) is 69.0 Å². The minimum Gasteiger partial charge on any atom is -0.459 e. The highest BCUT2D eigenvalue weighted by Gasteiger charge is 2.23. The van der Waals surface area contributed by atoms with E-state index in [1.807, 2.05) is 18.2 Å². The van der Waals surface area contributed by atoms with Crippen LogP contribution < -0.4 is 5.63 Å². The molecule has 0 saturated heterocycles. The van der Waals surface area contributed by atoms with E-state index in [0.29, 0.717) is 28.2 Å². The molecule has 0 radical (unpaired) electrons. The molecule has 1 fully saturated rings. The van der Waals surface area contributed by atoms with Gasteiger partial charge in [0.25, 0.3) is 0 Å². The molecule has 1 aliphatic carbocycles. The number of hydrogen-bond acceptors (Lipinski definition) is 4. The van der Waals surface area contributed by atoms with Crippen molar-refractivity contribution in [1.29, 1.82) is 0 Å². The molecule has 3 aromatic rings. The second-order valence-electron chi connectivity index (χ2n) is 7.48. The van der Waals surface area contributed by atoms with Gasteiger partial charge >= 0.3 is 11.6 Å². The van der Waals surface area contributed by atoms with Gasteiger partial charge in [-0.15, -0.1) is 0 Å². The van der Waals surface area contributed by atoms with Crippen LogP contribution in [0, 0.1) is 5.92 Å². The first-order chi connectivity index (χ1) is 13.5. The standard InChI is InChI=1S/C23H21BrO4/c1-14-5-4-7-17(11-14)27-22(25)16-9-10-20(24)18(13-16)19-12-15-6-2-3-8-21(15)28-23(19)26/h2-3,6,8-10,12-14,17H,4-5,7,11H2,1H3/t14-,17-/m1/s1. The van der Waals surface area contributed by atoms with E-state index in [0.717, 1.165) is 29.1 Å². The zero-order valence-corrected chi connectivity index (χ0v) is 17.2. The molecule has 1 saturated carbocycles. The second kappa shape index (κ2) is 7.92. The zero-order valence-electron chi connectivity index (χ0n) is 15.6. The number of ether oxygens (including phenoxy) is 1. The lowest BCUT2D eigenvalue weighted by atomic mass is 9.89. The lowest BCUT2D eigenvalue weighted by molar-refractivity contribution is 0.0155. The molecule has 4 rings (SSSR count). The molecule has 0 aliphatic heterocycles. The molecule has 0 unspecified atom stereocenters. The van der Waals surface area contributed by atoms with Crippen LogP contribution in [0.2, 0.25) is 0 Å². The molecule has 0 bridgehead atoms. The predicted molar refractivity (Wildman–Crippen MR) is 112 cm³/mol. The molecule has 144 valence electrons. The zero-order chi connectivity index (χ0) is 19.7. The molecule has 28 heavy (non-hydrogen) atoms. The monoisotopic (exact) mass is 440 g/mol. The van der Waals surface area contributed by atoms with Crippen LogP contribution in [0.25, 0.3) is 22.1 Å². The molecule has 4 nitrogen and oxygen atoms in total. The van der Waals surface area contributed by atoms with Gasteiger partial charge in [-0.3, -0.25) is 0 Å². The van der Waals surface area contributed by atoms with Crippen LogP contribution in [0.5, 0.6) is 0 Å². The smallest absolute Gasteiger partial charge is 0.344 e. The summed E-state index contributed by atoms with van der Waals surface area (Å²) in [5.41, 5.74) is 1.56. The Labute approximate surface area is 171 Å². The first-order valence-electron chi connectivity index (χ1n) is 9.55. The van der Waals surface area contributed by atoms with Gasteiger partial charge in [0, 0.05) is 15.4 Å². The van der Waals surface area contributed by atoms with Crippen molar-refractivity contribution in [2.75, 3.05) is 0 Å². The van der Waals surface area contributed by atoms with Gasteiger partial charge in [0.15, 0.2) is 0 Å². The number of para-hydroxylation sites is 1. The van der Waals surface area contributed by atoms with Crippen LogP contribution in [0.15, 0.2) is 62.2 Å². The number of esters is 1. The summed E-state index contributed by atoms with van der Waals surface area (Å²) in [5.74, 6) is 0.229. The van der Waals surface area contributed by atoms with Gasteiger partial charge in [0.2, 0.25) is 0 Å². The SMILES string of the molecule is C[C@@H]1CCC[C@@H](OC(=O)c2ccc(Br)c(-c3cc4ccccc4oc3=O)c2)C1. The fraction of sp³-hybridized carbons (Fsp3) is 0.304. The van der Waals surface area contributed by atoms with Crippen molar-refractivity contribution >= 4 is 32.9 Å². The molecule has 0 amide bonds. The van der Waals surface area contributed by atoms with Crippen LogP contribution in [-0.2, 0) is 4.74 Å². The normalized spacial score (nSPS) is 19.5. The van der Waals surface area contributed by atoms with Crippen LogP contribution >= 0.6 is 15.9 Å². The Bertz CT molecular complexity index is 1090. The highest BCUT2D eigenvalue weighted by atomic mass is 79.9. The van der Waals surface area contributed by atoms with Crippen LogP contribution in [-0.4, -0.2) is 12.1 Å². The Balaban J connectivity index is 1.67. The van der Waals surface area contributed by atoms with Gasteiger partial charge in [-0.25, -0.2) is 9.59 Å². The number of rotatable bonds is 3. The molecule has 1 aliphatic rings. The minimum atomic E-state index is -0.439. The summed E-state index contributed by atoms with van der Waals surface area (Å²) >= 11 is 3.49. The average molecular weight is 441 g/mol. The van der Waals surface area contributed by atoms with Gasteiger partial charge in [-0.1, -0.05) is 47.5 Å². The summed E-state index contributed by atoms with van der Waals surface area (Å²) in [5, 5.41) is 0.827. The lowest BCUT2D eigenvalue weighted by Gasteiger charge is -2.26. The summed E-state index contributed by atoms with van der Waals surface area (Å²) in [7, 11) is 0. The summed E-state index contributed by atoms with van der Waals surface area (Å²) in [6.07, 6.45) is 4.06. The quantitative estimate of drug-likeness (QED) is 0.372. The third-order valence-corrected chi connectivity index (χ3v) is 5.99. The first-order valence-corrected chi connectivity index (χ1v) is 10.3. The Morgan fingerprint density at radius 1 is 1.11 bits per heavy atom. The number of carbonyl (C=O) groups excluding carboxylic acids is 1. The molecule has 0 spiro atoms. The number of carbonyl (C=O) groups is 1. The molecule has 1 aromatic heterocycles. The van der Waals surface area contributed by atoms with Crippen molar-refractivity contribution in [2.24, 2.45) is 5.92 Å². The Morgan fingerprint density at radius 2 is 1.93 bits per heavy atom.